The van der Waals surface area contributed by atoms with Gasteiger partial charge >= 0.3 is 0 Å². The van der Waals surface area contributed by atoms with Gasteiger partial charge in [0.25, 0.3) is 5.91 Å². The lowest BCUT2D eigenvalue weighted by Crippen LogP contribution is -2.52. The lowest BCUT2D eigenvalue weighted by molar-refractivity contribution is -0.136. The van der Waals surface area contributed by atoms with E-state index in [1.165, 1.54) is 4.90 Å². The smallest absolute Gasteiger partial charge is 0.255 e. The molecule has 0 aromatic heterocycles. The van der Waals surface area contributed by atoms with Crippen molar-refractivity contribution >= 4 is 17.7 Å². The lowest BCUT2D eigenvalue weighted by atomic mass is 10.0. The maximum absolute atomic E-state index is 12.4. The number of nitrogens with two attached hydrogens (primary N) is 1. The number of benzene rings is 1. The first-order valence-electron chi connectivity index (χ1n) is 6.57. The Morgan fingerprint density at radius 1 is 1.30 bits per heavy atom. The van der Waals surface area contributed by atoms with Crippen LogP contribution in [0.3, 0.4) is 0 Å². The molecule has 2 aliphatic heterocycles. The summed E-state index contributed by atoms with van der Waals surface area (Å²) in [5, 5.41) is 2.29. The Hall–Kier alpha value is -2.21. The molecule has 1 fully saturated rings. The average molecular weight is 273 g/mol. The first kappa shape index (κ1) is 12.8. The maximum atomic E-state index is 12.4. The van der Waals surface area contributed by atoms with Crippen molar-refractivity contribution in [2.24, 2.45) is 5.73 Å². The SMILES string of the molecule is NCc1cccc2c1CN([C@H]1CCC(=O)NC1=O)C2=O. The van der Waals surface area contributed by atoms with Crippen LogP contribution in [0, 0.1) is 0 Å². The van der Waals surface area contributed by atoms with Crippen molar-refractivity contribution in [3.63, 3.8) is 0 Å². The molecule has 20 heavy (non-hydrogen) atoms. The molecule has 1 atom stereocenters. The Labute approximate surface area is 115 Å². The highest BCUT2D eigenvalue weighted by Gasteiger charge is 2.39. The minimum absolute atomic E-state index is 0.162. The molecule has 1 aromatic rings. The highest BCUT2D eigenvalue weighted by atomic mass is 16.2. The molecule has 0 aliphatic carbocycles. The molecule has 2 heterocycles. The van der Waals surface area contributed by atoms with Crippen molar-refractivity contribution in [3.8, 4) is 0 Å². The Kier molecular flexibility index (Phi) is 3.02. The molecule has 0 bridgehead atoms. The number of rotatable bonds is 2. The monoisotopic (exact) mass is 273 g/mol. The normalized spacial score (nSPS) is 21.9. The van der Waals surface area contributed by atoms with Crippen molar-refractivity contribution in [2.75, 3.05) is 0 Å². The summed E-state index contributed by atoms with van der Waals surface area (Å²) in [7, 11) is 0. The van der Waals surface area contributed by atoms with Crippen LogP contribution in [0.2, 0.25) is 0 Å². The Bertz CT molecular complexity index is 612. The van der Waals surface area contributed by atoms with Gasteiger partial charge in [-0.25, -0.2) is 0 Å². The zero-order valence-corrected chi connectivity index (χ0v) is 10.9. The van der Waals surface area contributed by atoms with Gasteiger partial charge in [0, 0.05) is 25.1 Å². The summed E-state index contributed by atoms with van der Waals surface area (Å²) in [6, 6.07) is 4.87. The number of carbonyl (C=O) groups is 3. The van der Waals surface area contributed by atoms with Crippen LogP contribution < -0.4 is 11.1 Å². The molecule has 3 amide bonds. The fourth-order valence-corrected chi connectivity index (χ4v) is 2.84. The number of fused-ring (bicyclic) bond motifs is 1. The molecule has 6 heteroatoms. The second kappa shape index (κ2) is 4.72. The molecule has 6 nitrogen and oxygen atoms in total. The molecule has 2 aliphatic rings. The molecular weight excluding hydrogens is 258 g/mol. The van der Waals surface area contributed by atoms with Crippen molar-refractivity contribution in [1.29, 1.82) is 0 Å². The summed E-state index contributed by atoms with van der Waals surface area (Å²) in [5.74, 6) is -0.834. The fourth-order valence-electron chi connectivity index (χ4n) is 2.84. The van der Waals surface area contributed by atoms with E-state index < -0.39 is 11.9 Å². The number of imide groups is 1. The number of hydrogen-bond acceptors (Lipinski definition) is 4. The largest absolute Gasteiger partial charge is 0.326 e. The van der Waals surface area contributed by atoms with Crippen LogP contribution in [0.15, 0.2) is 18.2 Å². The van der Waals surface area contributed by atoms with Crippen LogP contribution in [-0.2, 0) is 22.7 Å². The van der Waals surface area contributed by atoms with Crippen molar-refractivity contribution in [2.45, 2.75) is 32.0 Å². The van der Waals surface area contributed by atoms with E-state index in [1.807, 2.05) is 6.07 Å². The second-order valence-electron chi connectivity index (χ2n) is 5.05. The molecule has 3 rings (SSSR count). The van der Waals surface area contributed by atoms with E-state index in [0.29, 0.717) is 25.1 Å². The van der Waals surface area contributed by atoms with E-state index in [9.17, 15) is 14.4 Å². The molecular formula is C14H15N3O3. The van der Waals surface area contributed by atoms with Gasteiger partial charge in [-0.2, -0.15) is 0 Å². The zero-order valence-electron chi connectivity index (χ0n) is 10.9. The number of nitrogens with one attached hydrogen (secondary N) is 1. The zero-order chi connectivity index (χ0) is 14.3. The van der Waals surface area contributed by atoms with E-state index >= 15 is 0 Å². The summed E-state index contributed by atoms with van der Waals surface area (Å²) in [5.41, 5.74) is 8.11. The number of amides is 3. The van der Waals surface area contributed by atoms with Crippen LogP contribution in [0.4, 0.5) is 0 Å². The van der Waals surface area contributed by atoms with Gasteiger partial charge in [-0.15, -0.1) is 0 Å². The Balaban J connectivity index is 1.90. The summed E-state index contributed by atoms with van der Waals surface area (Å²) in [6.45, 7) is 0.744. The highest BCUT2D eigenvalue weighted by Crippen LogP contribution is 2.29. The van der Waals surface area contributed by atoms with Crippen LogP contribution in [0.1, 0.15) is 34.3 Å². The van der Waals surface area contributed by atoms with Crippen molar-refractivity contribution < 1.29 is 14.4 Å². The van der Waals surface area contributed by atoms with Gasteiger partial charge in [-0.05, 0) is 23.6 Å². The molecule has 0 radical (unpaired) electrons. The van der Waals surface area contributed by atoms with E-state index in [0.717, 1.165) is 11.1 Å². The standard InChI is InChI=1S/C14H15N3O3/c15-6-8-2-1-3-9-10(8)7-17(14(9)20)11-4-5-12(18)16-13(11)19/h1-3,11H,4-7,15H2,(H,16,18,19)/t11-/m0/s1. The minimum atomic E-state index is -0.571. The lowest BCUT2D eigenvalue weighted by Gasteiger charge is -2.29. The highest BCUT2D eigenvalue weighted by molar-refractivity contribution is 6.05. The number of hydrogen-bond donors (Lipinski definition) is 2. The van der Waals surface area contributed by atoms with Gasteiger partial charge in [-0.3, -0.25) is 19.7 Å². The summed E-state index contributed by atoms with van der Waals surface area (Å²) in [6.07, 6.45) is 0.641. The van der Waals surface area contributed by atoms with E-state index in [4.69, 9.17) is 5.73 Å². The minimum Gasteiger partial charge on any atom is -0.326 e. The molecule has 104 valence electrons. The van der Waals surface area contributed by atoms with Crippen LogP contribution in [0.25, 0.3) is 0 Å². The van der Waals surface area contributed by atoms with Crippen LogP contribution in [-0.4, -0.2) is 28.7 Å². The van der Waals surface area contributed by atoms with Gasteiger partial charge < -0.3 is 10.6 Å². The van der Waals surface area contributed by atoms with E-state index in [1.54, 1.807) is 12.1 Å². The third-order valence-corrected chi connectivity index (χ3v) is 3.90. The molecule has 0 saturated carbocycles. The maximum Gasteiger partial charge on any atom is 0.255 e. The molecule has 0 unspecified atom stereocenters. The predicted molar refractivity (Wildman–Crippen MR) is 70.4 cm³/mol. The predicted octanol–water partition coefficient (Wildman–Crippen LogP) is -0.0937. The van der Waals surface area contributed by atoms with E-state index in [-0.39, 0.29) is 18.2 Å². The Morgan fingerprint density at radius 2 is 2.10 bits per heavy atom. The van der Waals surface area contributed by atoms with Gasteiger partial charge in [0.15, 0.2) is 0 Å². The van der Waals surface area contributed by atoms with Gasteiger partial charge in [0.2, 0.25) is 11.8 Å². The first-order chi connectivity index (χ1) is 9.61. The van der Waals surface area contributed by atoms with Crippen molar-refractivity contribution in [3.05, 3.63) is 34.9 Å². The third-order valence-electron chi connectivity index (χ3n) is 3.90. The topological polar surface area (TPSA) is 92.5 Å². The molecule has 3 N–H and O–H groups in total. The second-order valence-corrected chi connectivity index (χ2v) is 5.05. The third kappa shape index (κ3) is 1.89. The number of carbonyl (C=O) groups excluding carboxylic acids is 3. The van der Waals surface area contributed by atoms with Gasteiger partial charge in [0.05, 0.1) is 0 Å². The summed E-state index contributed by atoms with van der Waals surface area (Å²) >= 11 is 0. The average Bonchev–Trinajstić information content (AvgIpc) is 2.76. The van der Waals surface area contributed by atoms with Gasteiger partial charge in [-0.1, -0.05) is 12.1 Å². The van der Waals surface area contributed by atoms with Gasteiger partial charge in [0.1, 0.15) is 6.04 Å². The summed E-state index contributed by atoms with van der Waals surface area (Å²) < 4.78 is 0. The Morgan fingerprint density at radius 3 is 2.80 bits per heavy atom. The summed E-state index contributed by atoms with van der Waals surface area (Å²) in [4.78, 5) is 37.0. The quantitative estimate of drug-likeness (QED) is 0.736. The molecule has 1 aromatic carbocycles. The van der Waals surface area contributed by atoms with Crippen LogP contribution in [0.5, 0.6) is 0 Å². The first-order valence-corrected chi connectivity index (χ1v) is 6.57. The van der Waals surface area contributed by atoms with Crippen molar-refractivity contribution in [1.82, 2.24) is 10.2 Å². The molecule has 0 spiro atoms. The van der Waals surface area contributed by atoms with Crippen LogP contribution >= 0.6 is 0 Å². The number of nitrogens with zero attached hydrogens (tertiary/aromatic N) is 1. The fraction of sp³-hybridized carbons (Fsp3) is 0.357. The number of piperidine rings is 1. The van der Waals surface area contributed by atoms with E-state index in [2.05, 4.69) is 5.32 Å². The molecule has 1 saturated heterocycles.